The molecule has 0 radical (unpaired) electrons. The molecule has 4 nitrogen and oxygen atoms in total. The first-order valence-electron chi connectivity index (χ1n) is 11.2. The quantitative estimate of drug-likeness (QED) is 0.628. The molecule has 2 heterocycles. The van der Waals surface area contributed by atoms with Gasteiger partial charge in [-0.05, 0) is 68.4 Å². The number of hydrogen-bond donors (Lipinski definition) is 0. The molecule has 1 saturated heterocycles. The third-order valence-electron chi connectivity index (χ3n) is 7.80. The van der Waals surface area contributed by atoms with Crippen LogP contribution in [0.15, 0.2) is 34.6 Å². The van der Waals surface area contributed by atoms with Gasteiger partial charge in [-0.3, -0.25) is 0 Å². The Morgan fingerprint density at radius 3 is 2.82 bits per heavy atom. The lowest BCUT2D eigenvalue weighted by atomic mass is 9.46. The van der Waals surface area contributed by atoms with Gasteiger partial charge in [0.05, 0.1) is 5.41 Å². The zero-order valence-corrected chi connectivity index (χ0v) is 17.0. The van der Waals surface area contributed by atoms with Gasteiger partial charge in [-0.15, -0.1) is 0 Å². The Labute approximate surface area is 167 Å². The summed E-state index contributed by atoms with van der Waals surface area (Å²) in [7, 11) is 0. The van der Waals surface area contributed by atoms with Crippen molar-refractivity contribution in [2.75, 3.05) is 0 Å². The van der Waals surface area contributed by atoms with Crippen molar-refractivity contribution in [1.29, 1.82) is 0 Å². The van der Waals surface area contributed by atoms with Gasteiger partial charge in [0.1, 0.15) is 11.9 Å². The fourth-order valence-electron chi connectivity index (χ4n) is 6.63. The van der Waals surface area contributed by atoms with Crippen LogP contribution in [0.4, 0.5) is 0 Å². The molecular formula is C24H30O4. The number of carbonyl (C=O) groups excluding carboxylic acids is 2. The van der Waals surface area contributed by atoms with Crippen molar-refractivity contribution in [2.45, 2.75) is 77.7 Å². The highest BCUT2D eigenvalue weighted by Crippen LogP contribution is 2.68. The predicted octanol–water partition coefficient (Wildman–Crippen LogP) is 5.00. The lowest BCUT2D eigenvalue weighted by Gasteiger charge is -2.54. The molecule has 6 aliphatic rings. The highest BCUT2D eigenvalue weighted by Gasteiger charge is 2.66. The van der Waals surface area contributed by atoms with Gasteiger partial charge in [0, 0.05) is 17.1 Å². The molecule has 6 rings (SSSR count). The highest BCUT2D eigenvalue weighted by molar-refractivity contribution is 5.99. The second-order valence-corrected chi connectivity index (χ2v) is 9.16. The molecule has 1 spiro atoms. The van der Waals surface area contributed by atoms with E-state index in [1.54, 1.807) is 0 Å². The molecule has 0 aromatic heterocycles. The summed E-state index contributed by atoms with van der Waals surface area (Å²) in [6, 6.07) is 0. The van der Waals surface area contributed by atoms with Gasteiger partial charge in [0.2, 0.25) is 0 Å². The minimum atomic E-state index is -0.425. The van der Waals surface area contributed by atoms with Crippen LogP contribution in [-0.2, 0) is 19.1 Å². The average Bonchev–Trinajstić information content (AvgIpc) is 3.19. The smallest absolute Gasteiger partial charge is 0.339 e. The number of fused-ring (bicyclic) bond motifs is 1. The van der Waals surface area contributed by atoms with Crippen LogP contribution < -0.4 is 0 Å². The molecule has 2 fully saturated rings. The summed E-state index contributed by atoms with van der Waals surface area (Å²) < 4.78 is 11.7. The highest BCUT2D eigenvalue weighted by atomic mass is 16.6. The number of hydrogen-bond acceptors (Lipinski definition) is 4. The van der Waals surface area contributed by atoms with Crippen molar-refractivity contribution in [3.8, 4) is 0 Å². The number of ether oxygens (including phenoxy) is 2. The Hall–Kier alpha value is -1.84. The van der Waals surface area contributed by atoms with Crippen LogP contribution in [0, 0.1) is 23.2 Å². The summed E-state index contributed by atoms with van der Waals surface area (Å²) in [6.07, 6.45) is 13.3. The lowest BCUT2D eigenvalue weighted by molar-refractivity contribution is -0.141. The number of cyclic esters (lactones) is 2. The number of rotatable bonds is 5. The van der Waals surface area contributed by atoms with E-state index in [-0.39, 0.29) is 24.0 Å². The first kappa shape index (κ1) is 18.2. The Kier molecular flexibility index (Phi) is 4.29. The molecule has 0 aromatic carbocycles. The van der Waals surface area contributed by atoms with Gasteiger partial charge in [-0.2, -0.15) is 0 Å². The van der Waals surface area contributed by atoms with Crippen LogP contribution in [0.2, 0.25) is 0 Å². The van der Waals surface area contributed by atoms with E-state index in [1.807, 2.05) is 0 Å². The van der Waals surface area contributed by atoms with Gasteiger partial charge >= 0.3 is 11.9 Å². The number of allylic oxidation sites excluding steroid dienone is 3. The van der Waals surface area contributed by atoms with Gasteiger partial charge in [0.25, 0.3) is 0 Å². The third kappa shape index (κ3) is 2.29. The SMILES string of the molecule is CCC/C=C1\OC(=O)C2=C[C@H]3CC[C@@]21C1C2=C(CCC13)[C@@H](CCCC)OC2=O. The molecule has 5 atom stereocenters. The molecule has 2 aliphatic heterocycles. The van der Waals surface area contributed by atoms with Gasteiger partial charge < -0.3 is 9.47 Å². The summed E-state index contributed by atoms with van der Waals surface area (Å²) in [5.74, 6) is 1.37. The second-order valence-electron chi connectivity index (χ2n) is 9.16. The normalized spacial score (nSPS) is 39.5. The molecule has 4 heteroatoms. The van der Waals surface area contributed by atoms with E-state index in [2.05, 4.69) is 26.0 Å². The molecule has 4 aliphatic carbocycles. The van der Waals surface area contributed by atoms with Crippen LogP contribution >= 0.6 is 0 Å². The maximum atomic E-state index is 13.1. The third-order valence-corrected chi connectivity index (χ3v) is 7.80. The Balaban J connectivity index is 1.63. The fraction of sp³-hybridized carbons (Fsp3) is 0.667. The largest absolute Gasteiger partial charge is 0.454 e. The van der Waals surface area contributed by atoms with Crippen LogP contribution in [0.1, 0.15) is 71.6 Å². The van der Waals surface area contributed by atoms with E-state index in [1.165, 1.54) is 5.57 Å². The Morgan fingerprint density at radius 1 is 1.18 bits per heavy atom. The van der Waals surface area contributed by atoms with E-state index < -0.39 is 5.41 Å². The summed E-state index contributed by atoms with van der Waals surface area (Å²) >= 11 is 0. The lowest BCUT2D eigenvalue weighted by Crippen LogP contribution is -2.50. The van der Waals surface area contributed by atoms with Gasteiger partial charge in [0.15, 0.2) is 0 Å². The van der Waals surface area contributed by atoms with Crippen LogP contribution in [0.5, 0.6) is 0 Å². The van der Waals surface area contributed by atoms with Crippen molar-refractivity contribution in [1.82, 2.24) is 0 Å². The first-order valence-corrected chi connectivity index (χ1v) is 11.2. The summed E-state index contributed by atoms with van der Waals surface area (Å²) in [5.41, 5.74) is 2.54. The molecule has 0 amide bonds. The minimum Gasteiger partial charge on any atom is -0.454 e. The maximum Gasteiger partial charge on any atom is 0.339 e. The average molecular weight is 383 g/mol. The first-order chi connectivity index (χ1) is 13.6. The van der Waals surface area contributed by atoms with E-state index in [0.29, 0.717) is 11.8 Å². The Bertz CT molecular complexity index is 816. The molecular weight excluding hydrogens is 352 g/mol. The van der Waals surface area contributed by atoms with Crippen molar-refractivity contribution in [3.05, 3.63) is 34.6 Å². The van der Waals surface area contributed by atoms with Crippen LogP contribution in [0.3, 0.4) is 0 Å². The topological polar surface area (TPSA) is 52.6 Å². The molecule has 0 aromatic rings. The van der Waals surface area contributed by atoms with E-state index in [4.69, 9.17) is 9.47 Å². The summed E-state index contributed by atoms with van der Waals surface area (Å²) in [5, 5.41) is 0. The number of unbranched alkanes of at least 4 members (excludes halogenated alkanes) is 2. The monoisotopic (exact) mass is 382 g/mol. The van der Waals surface area contributed by atoms with E-state index >= 15 is 0 Å². The fourth-order valence-corrected chi connectivity index (χ4v) is 6.63. The standard InChI is InChI=1S/C24H30O4/c1-3-5-7-18-16-10-9-15-14-11-12-24(21(15)20(16)23(26)27-18)17(13-14)22(25)28-19(24)8-6-4-2/h8,13-15,18,21H,3-7,9-12H2,1-2H3/b19-8-/t14-,15?,18-,21?,24-/m1/s1. The Morgan fingerprint density at radius 2 is 2.04 bits per heavy atom. The molecule has 2 unspecified atom stereocenters. The molecule has 2 bridgehead atoms. The summed E-state index contributed by atoms with van der Waals surface area (Å²) in [4.78, 5) is 25.8. The molecule has 150 valence electrons. The van der Waals surface area contributed by atoms with Crippen LogP contribution in [-0.4, -0.2) is 18.0 Å². The molecule has 28 heavy (non-hydrogen) atoms. The van der Waals surface area contributed by atoms with Crippen molar-refractivity contribution < 1.29 is 19.1 Å². The number of esters is 2. The zero-order chi connectivity index (χ0) is 19.5. The van der Waals surface area contributed by atoms with E-state index in [0.717, 1.165) is 74.7 Å². The van der Waals surface area contributed by atoms with Gasteiger partial charge in [-0.1, -0.05) is 32.8 Å². The van der Waals surface area contributed by atoms with Crippen molar-refractivity contribution >= 4 is 11.9 Å². The van der Waals surface area contributed by atoms with Crippen molar-refractivity contribution in [3.63, 3.8) is 0 Å². The molecule has 1 saturated carbocycles. The minimum absolute atomic E-state index is 0.0474. The predicted molar refractivity (Wildman–Crippen MR) is 105 cm³/mol. The summed E-state index contributed by atoms with van der Waals surface area (Å²) in [6.45, 7) is 4.31. The van der Waals surface area contributed by atoms with Crippen LogP contribution in [0.25, 0.3) is 0 Å². The van der Waals surface area contributed by atoms with Gasteiger partial charge in [-0.25, -0.2) is 9.59 Å². The molecule has 0 N–H and O–H groups in total. The maximum absolute atomic E-state index is 13.1. The number of carbonyl (C=O) groups is 2. The second kappa shape index (κ2) is 6.60. The zero-order valence-electron chi connectivity index (χ0n) is 17.0. The van der Waals surface area contributed by atoms with Crippen molar-refractivity contribution in [2.24, 2.45) is 23.2 Å². The van der Waals surface area contributed by atoms with E-state index in [9.17, 15) is 9.59 Å².